The Bertz CT molecular complexity index is 714. The van der Waals surface area contributed by atoms with Gasteiger partial charge in [-0.05, 0) is 19.1 Å². The maximum absolute atomic E-state index is 11.8. The van der Waals surface area contributed by atoms with Crippen molar-refractivity contribution < 1.29 is 14.5 Å². The van der Waals surface area contributed by atoms with Crippen molar-refractivity contribution in [2.45, 2.75) is 6.92 Å². The van der Waals surface area contributed by atoms with E-state index in [1.807, 2.05) is 0 Å². The largest absolute Gasteiger partial charge is 0.462 e. The molecule has 0 spiro atoms. The summed E-state index contributed by atoms with van der Waals surface area (Å²) in [5.41, 5.74) is 6.10. The van der Waals surface area contributed by atoms with Gasteiger partial charge in [-0.15, -0.1) is 11.3 Å². The van der Waals surface area contributed by atoms with Crippen LogP contribution in [0.4, 0.5) is 11.4 Å². The molecule has 1 aromatic carbocycles. The van der Waals surface area contributed by atoms with Crippen LogP contribution in [0.5, 0.6) is 0 Å². The number of benzene rings is 1. The van der Waals surface area contributed by atoms with Gasteiger partial charge in [0.25, 0.3) is 5.69 Å². The number of nitrogen functional groups attached to an aromatic ring is 1. The van der Waals surface area contributed by atoms with E-state index in [1.54, 1.807) is 13.0 Å². The van der Waals surface area contributed by atoms with E-state index in [0.717, 1.165) is 11.3 Å². The summed E-state index contributed by atoms with van der Waals surface area (Å²) < 4.78 is 4.89. The van der Waals surface area contributed by atoms with Gasteiger partial charge in [0.15, 0.2) is 0 Å². The molecule has 0 aliphatic rings. The van der Waals surface area contributed by atoms with Crippen LogP contribution >= 0.6 is 22.9 Å². The number of ether oxygens (including phenoxy) is 1. The predicted octanol–water partition coefficient (Wildman–Crippen LogP) is 3.74. The lowest BCUT2D eigenvalue weighted by Gasteiger charge is -2.02. The van der Waals surface area contributed by atoms with Crippen LogP contribution in [0.15, 0.2) is 24.3 Å². The first kappa shape index (κ1) is 15.3. The molecule has 1 aromatic heterocycles. The van der Waals surface area contributed by atoms with Crippen LogP contribution < -0.4 is 5.73 Å². The van der Waals surface area contributed by atoms with Crippen molar-refractivity contribution in [3.05, 3.63) is 44.3 Å². The lowest BCUT2D eigenvalue weighted by Crippen LogP contribution is -2.04. The van der Waals surface area contributed by atoms with Crippen LogP contribution in [0.1, 0.15) is 16.6 Å². The highest BCUT2D eigenvalue weighted by Gasteiger charge is 2.23. The van der Waals surface area contributed by atoms with Gasteiger partial charge in [0.1, 0.15) is 4.88 Å². The second-order valence-corrected chi connectivity index (χ2v) is 5.47. The van der Waals surface area contributed by atoms with Crippen LogP contribution in [-0.2, 0) is 4.74 Å². The molecule has 0 amide bonds. The highest BCUT2D eigenvalue weighted by atomic mass is 35.5. The number of carbonyl (C=O) groups excluding carboxylic acids is 1. The molecule has 0 bridgehead atoms. The number of nitro groups is 1. The average molecular weight is 327 g/mol. The molecule has 0 saturated carbocycles. The minimum atomic E-state index is -0.555. The van der Waals surface area contributed by atoms with E-state index >= 15 is 0 Å². The van der Waals surface area contributed by atoms with Crippen molar-refractivity contribution in [1.29, 1.82) is 0 Å². The Morgan fingerprint density at radius 1 is 1.52 bits per heavy atom. The van der Waals surface area contributed by atoms with E-state index < -0.39 is 10.9 Å². The molecule has 21 heavy (non-hydrogen) atoms. The van der Waals surface area contributed by atoms with E-state index in [1.165, 1.54) is 18.2 Å². The molecule has 0 radical (unpaired) electrons. The molecular weight excluding hydrogens is 316 g/mol. The number of nitrogens with zero attached hydrogens (tertiary/aromatic N) is 1. The molecule has 0 saturated heterocycles. The summed E-state index contributed by atoms with van der Waals surface area (Å²) in [6.07, 6.45) is 0. The fourth-order valence-corrected chi connectivity index (χ4v) is 3.16. The summed E-state index contributed by atoms with van der Waals surface area (Å²) in [4.78, 5) is 23.0. The van der Waals surface area contributed by atoms with E-state index in [0.29, 0.717) is 4.88 Å². The third kappa shape index (κ3) is 2.98. The normalized spacial score (nSPS) is 10.4. The lowest BCUT2D eigenvalue weighted by atomic mass is 10.1. The summed E-state index contributed by atoms with van der Waals surface area (Å²) in [6.45, 7) is 1.90. The molecule has 0 aliphatic carbocycles. The Morgan fingerprint density at radius 3 is 2.86 bits per heavy atom. The molecular formula is C13H11ClN2O4S. The minimum Gasteiger partial charge on any atom is -0.462 e. The summed E-state index contributed by atoms with van der Waals surface area (Å²) >= 11 is 7.07. The Balaban J connectivity index is 2.56. The fourth-order valence-electron chi connectivity index (χ4n) is 1.79. The topological polar surface area (TPSA) is 95.5 Å². The SMILES string of the molecule is CCOC(=O)c1sc(-c2c(Cl)cccc2[N+](=O)[O-])cc1N. The highest BCUT2D eigenvalue weighted by Crippen LogP contribution is 2.42. The number of hydrogen-bond donors (Lipinski definition) is 1. The maximum atomic E-state index is 11.8. The summed E-state index contributed by atoms with van der Waals surface area (Å²) in [5.74, 6) is -0.555. The molecule has 1 heterocycles. The Hall–Kier alpha value is -2.12. The van der Waals surface area contributed by atoms with Crippen LogP contribution in [0, 0.1) is 10.1 Å². The van der Waals surface area contributed by atoms with Crippen molar-refractivity contribution in [1.82, 2.24) is 0 Å². The first-order valence-corrected chi connectivity index (χ1v) is 7.14. The van der Waals surface area contributed by atoms with Crippen LogP contribution in [0.2, 0.25) is 5.02 Å². The zero-order chi connectivity index (χ0) is 15.6. The number of halogens is 1. The molecule has 2 aromatic rings. The van der Waals surface area contributed by atoms with E-state index in [9.17, 15) is 14.9 Å². The molecule has 0 fully saturated rings. The molecule has 0 atom stereocenters. The molecule has 8 heteroatoms. The van der Waals surface area contributed by atoms with Gasteiger partial charge in [0, 0.05) is 10.9 Å². The Morgan fingerprint density at radius 2 is 2.24 bits per heavy atom. The van der Waals surface area contributed by atoms with E-state index in [-0.39, 0.29) is 33.4 Å². The first-order chi connectivity index (χ1) is 9.95. The number of anilines is 1. The smallest absolute Gasteiger partial charge is 0.350 e. The maximum Gasteiger partial charge on any atom is 0.350 e. The number of rotatable bonds is 4. The van der Waals surface area contributed by atoms with Gasteiger partial charge in [-0.3, -0.25) is 10.1 Å². The van der Waals surface area contributed by atoms with Crippen molar-refractivity contribution in [2.24, 2.45) is 0 Å². The van der Waals surface area contributed by atoms with Crippen LogP contribution in [0.3, 0.4) is 0 Å². The van der Waals surface area contributed by atoms with Gasteiger partial charge in [-0.25, -0.2) is 4.79 Å². The Kier molecular flexibility index (Phi) is 4.44. The lowest BCUT2D eigenvalue weighted by molar-refractivity contribution is -0.384. The zero-order valence-electron chi connectivity index (χ0n) is 11.0. The molecule has 110 valence electrons. The Labute approximate surface area is 129 Å². The van der Waals surface area contributed by atoms with Crippen molar-refractivity contribution in [2.75, 3.05) is 12.3 Å². The number of esters is 1. The molecule has 2 N–H and O–H groups in total. The number of nitrogens with two attached hydrogens (primary N) is 1. The summed E-state index contributed by atoms with van der Waals surface area (Å²) in [6, 6.07) is 5.88. The second-order valence-electron chi connectivity index (χ2n) is 4.01. The predicted molar refractivity (Wildman–Crippen MR) is 81.8 cm³/mol. The van der Waals surface area contributed by atoms with Crippen LogP contribution in [0.25, 0.3) is 10.4 Å². The van der Waals surface area contributed by atoms with Gasteiger partial charge < -0.3 is 10.5 Å². The van der Waals surface area contributed by atoms with Gasteiger partial charge in [0.05, 0.1) is 27.8 Å². The molecule has 6 nitrogen and oxygen atoms in total. The standard InChI is InChI=1S/C13H11ClN2O4S/c1-2-20-13(17)12-8(15)6-10(21-12)11-7(14)4-3-5-9(11)16(18)19/h3-6H,2,15H2,1H3. The van der Waals surface area contributed by atoms with Gasteiger partial charge in [-0.1, -0.05) is 17.7 Å². The summed E-state index contributed by atoms with van der Waals surface area (Å²) in [5, 5.41) is 11.3. The van der Waals surface area contributed by atoms with E-state index in [4.69, 9.17) is 22.1 Å². The zero-order valence-corrected chi connectivity index (χ0v) is 12.5. The van der Waals surface area contributed by atoms with Crippen molar-refractivity contribution in [3.63, 3.8) is 0 Å². The molecule has 0 aliphatic heterocycles. The molecule has 2 rings (SSSR count). The molecule has 0 unspecified atom stereocenters. The van der Waals surface area contributed by atoms with Crippen molar-refractivity contribution >= 4 is 40.3 Å². The second kappa shape index (κ2) is 6.11. The number of hydrogen-bond acceptors (Lipinski definition) is 6. The van der Waals surface area contributed by atoms with Gasteiger partial charge in [-0.2, -0.15) is 0 Å². The van der Waals surface area contributed by atoms with Crippen LogP contribution in [-0.4, -0.2) is 17.5 Å². The summed E-state index contributed by atoms with van der Waals surface area (Å²) in [7, 11) is 0. The first-order valence-electron chi connectivity index (χ1n) is 5.95. The average Bonchev–Trinajstić information content (AvgIpc) is 2.80. The fraction of sp³-hybridized carbons (Fsp3) is 0.154. The monoisotopic (exact) mass is 326 g/mol. The number of thiophene rings is 1. The number of nitro benzene ring substituents is 1. The van der Waals surface area contributed by atoms with Gasteiger partial charge in [0.2, 0.25) is 0 Å². The number of carbonyl (C=O) groups is 1. The minimum absolute atomic E-state index is 0.140. The van der Waals surface area contributed by atoms with Crippen molar-refractivity contribution in [3.8, 4) is 10.4 Å². The van der Waals surface area contributed by atoms with Gasteiger partial charge >= 0.3 is 5.97 Å². The quantitative estimate of drug-likeness (QED) is 0.524. The third-order valence-electron chi connectivity index (χ3n) is 2.66. The third-order valence-corrected chi connectivity index (χ3v) is 4.12. The highest BCUT2D eigenvalue weighted by molar-refractivity contribution is 7.18. The van der Waals surface area contributed by atoms with E-state index in [2.05, 4.69) is 0 Å².